The second-order valence-electron chi connectivity index (χ2n) is 1.73. The lowest BCUT2D eigenvalue weighted by Crippen LogP contribution is -1.72. The van der Waals surface area contributed by atoms with Crippen molar-refractivity contribution in [2.24, 2.45) is 10.2 Å². The monoisotopic (exact) mass is 138 g/mol. The van der Waals surface area contributed by atoms with E-state index >= 15 is 0 Å². The number of hydrogen-bond donors (Lipinski definition) is 0. The Morgan fingerprint density at radius 3 is 2.70 bits per heavy atom. The van der Waals surface area contributed by atoms with Crippen LogP contribution in [0.4, 0.5) is 0 Å². The van der Waals surface area contributed by atoms with Crippen molar-refractivity contribution in [3.8, 4) is 0 Å². The molecule has 0 aromatic carbocycles. The summed E-state index contributed by atoms with van der Waals surface area (Å²) in [7, 11) is 0. The summed E-state index contributed by atoms with van der Waals surface area (Å²) in [4.78, 5) is 0. The van der Waals surface area contributed by atoms with Crippen molar-refractivity contribution in [1.82, 2.24) is 0 Å². The maximum absolute atomic E-state index is 3.73. The van der Waals surface area contributed by atoms with Gasteiger partial charge in [0.05, 0.1) is 6.21 Å². The highest BCUT2D eigenvalue weighted by atomic mass is 15.2. The zero-order valence-electron chi connectivity index (χ0n) is 6.83. The van der Waals surface area contributed by atoms with Crippen molar-refractivity contribution < 1.29 is 0 Å². The van der Waals surface area contributed by atoms with Gasteiger partial charge < -0.3 is 0 Å². The first kappa shape index (κ1) is 9.08. The third-order valence-electron chi connectivity index (χ3n) is 0.955. The smallest absolute Gasteiger partial charge is 0.0521 e. The summed E-state index contributed by atoms with van der Waals surface area (Å²) in [6.07, 6.45) is 6.53. The minimum absolute atomic E-state index is 0.909. The molecule has 1 heterocycles. The summed E-state index contributed by atoms with van der Waals surface area (Å²) in [5, 5.41) is 7.44. The van der Waals surface area contributed by atoms with E-state index in [4.69, 9.17) is 0 Å². The molecular weight excluding hydrogens is 124 g/mol. The van der Waals surface area contributed by atoms with Crippen molar-refractivity contribution in [3.05, 3.63) is 11.6 Å². The predicted molar refractivity (Wildman–Crippen MR) is 46.7 cm³/mol. The topological polar surface area (TPSA) is 24.7 Å². The number of allylic oxidation sites excluding steroid dienone is 2. The van der Waals surface area contributed by atoms with Crippen LogP contribution in [0.15, 0.2) is 21.9 Å². The highest BCUT2D eigenvalue weighted by Gasteiger charge is 1.83. The van der Waals surface area contributed by atoms with Crippen molar-refractivity contribution in [2.45, 2.75) is 27.2 Å². The maximum Gasteiger partial charge on any atom is 0.0521 e. The largest absolute Gasteiger partial charge is 0.163 e. The first-order valence-corrected chi connectivity index (χ1v) is 3.61. The number of rotatable bonds is 0. The molecule has 0 atom stereocenters. The van der Waals surface area contributed by atoms with Gasteiger partial charge in [-0.05, 0) is 12.5 Å². The Bertz CT molecular complexity index is 152. The highest BCUT2D eigenvalue weighted by Crippen LogP contribution is 1.93. The molecule has 0 bridgehead atoms. The second kappa shape index (κ2) is 6.20. The lowest BCUT2D eigenvalue weighted by molar-refractivity contribution is 1.26. The fourth-order valence-corrected chi connectivity index (χ4v) is 0.510. The molecule has 0 aromatic rings. The van der Waals surface area contributed by atoms with Crippen LogP contribution in [0.3, 0.4) is 0 Å². The van der Waals surface area contributed by atoms with Crippen LogP contribution in [0.2, 0.25) is 0 Å². The van der Waals surface area contributed by atoms with Gasteiger partial charge in [-0.3, -0.25) is 0 Å². The van der Waals surface area contributed by atoms with E-state index in [0.717, 1.165) is 6.42 Å². The van der Waals surface area contributed by atoms with Crippen LogP contribution in [0.5, 0.6) is 0 Å². The van der Waals surface area contributed by atoms with Crippen LogP contribution >= 0.6 is 0 Å². The highest BCUT2D eigenvalue weighted by molar-refractivity contribution is 5.80. The van der Waals surface area contributed by atoms with E-state index in [2.05, 4.69) is 16.3 Å². The van der Waals surface area contributed by atoms with E-state index in [1.165, 1.54) is 5.57 Å². The lowest BCUT2D eigenvalue weighted by Gasteiger charge is -1.80. The summed E-state index contributed by atoms with van der Waals surface area (Å²) in [5.41, 5.74) is 1.18. The van der Waals surface area contributed by atoms with Gasteiger partial charge in [-0.1, -0.05) is 19.9 Å². The molecule has 0 aliphatic carbocycles. The van der Waals surface area contributed by atoms with Gasteiger partial charge in [0, 0.05) is 12.6 Å². The Labute approximate surface area is 62.4 Å². The van der Waals surface area contributed by atoms with Gasteiger partial charge in [0.2, 0.25) is 0 Å². The summed E-state index contributed by atoms with van der Waals surface area (Å²) in [6, 6.07) is 0. The molecule has 2 nitrogen and oxygen atoms in total. The van der Waals surface area contributed by atoms with Gasteiger partial charge in [0.1, 0.15) is 0 Å². The van der Waals surface area contributed by atoms with E-state index < -0.39 is 0 Å². The molecule has 56 valence electrons. The fraction of sp³-hybridized carbons (Fsp3) is 0.500. The van der Waals surface area contributed by atoms with Gasteiger partial charge in [-0.25, -0.2) is 0 Å². The fourth-order valence-electron chi connectivity index (χ4n) is 0.510. The summed E-state index contributed by atoms with van der Waals surface area (Å²) in [5.74, 6) is 0. The predicted octanol–water partition coefficient (Wildman–Crippen LogP) is 2.42. The quantitative estimate of drug-likeness (QED) is 0.491. The van der Waals surface area contributed by atoms with E-state index in [0.29, 0.717) is 0 Å². The van der Waals surface area contributed by atoms with Crippen molar-refractivity contribution in [1.29, 1.82) is 0 Å². The van der Waals surface area contributed by atoms with Crippen molar-refractivity contribution >= 4 is 12.4 Å². The van der Waals surface area contributed by atoms with Gasteiger partial charge in [-0.2, -0.15) is 10.2 Å². The molecule has 0 saturated heterocycles. The average Bonchev–Trinajstić information content (AvgIpc) is 2.21. The number of nitrogens with zero attached hydrogens (tertiary/aromatic N) is 2. The first-order valence-electron chi connectivity index (χ1n) is 3.61. The van der Waals surface area contributed by atoms with Crippen LogP contribution in [0.1, 0.15) is 27.2 Å². The summed E-state index contributed by atoms with van der Waals surface area (Å²) >= 11 is 0. The molecule has 0 N–H and O–H groups in total. The van der Waals surface area contributed by atoms with Crippen LogP contribution in [0, 0.1) is 0 Å². The third kappa shape index (κ3) is 4.01. The van der Waals surface area contributed by atoms with Crippen LogP contribution in [-0.4, -0.2) is 12.4 Å². The standard InChI is InChI=1S/C6H8N2.C2H6/c1-6-3-2-4-7-8-5-6;1-2/h3-5H,2H2,1H3;1-2H3. The Morgan fingerprint density at radius 1 is 1.30 bits per heavy atom. The lowest BCUT2D eigenvalue weighted by atomic mass is 10.3. The molecule has 2 heteroatoms. The number of hydrogen-bond acceptors (Lipinski definition) is 2. The van der Waals surface area contributed by atoms with Gasteiger partial charge in [-0.15, -0.1) is 0 Å². The SMILES string of the molecule is CC.CC1=CCC=NN=C1. The van der Waals surface area contributed by atoms with Crippen molar-refractivity contribution in [3.63, 3.8) is 0 Å². The molecule has 0 fully saturated rings. The van der Waals surface area contributed by atoms with Crippen molar-refractivity contribution in [2.75, 3.05) is 0 Å². The van der Waals surface area contributed by atoms with E-state index in [1.807, 2.05) is 20.8 Å². The summed E-state index contributed by atoms with van der Waals surface area (Å²) in [6.45, 7) is 6.01. The first-order chi connectivity index (χ1) is 4.89. The normalized spacial score (nSPS) is 14.9. The maximum atomic E-state index is 3.73. The van der Waals surface area contributed by atoms with Crippen LogP contribution in [0.25, 0.3) is 0 Å². The van der Waals surface area contributed by atoms with E-state index in [9.17, 15) is 0 Å². The molecule has 0 amide bonds. The van der Waals surface area contributed by atoms with Crippen LogP contribution in [-0.2, 0) is 0 Å². The average molecular weight is 138 g/mol. The minimum atomic E-state index is 0.909. The molecule has 1 aliphatic rings. The molecule has 1 aliphatic heterocycles. The molecule has 0 spiro atoms. The van der Waals surface area contributed by atoms with Crippen LogP contribution < -0.4 is 0 Å². The van der Waals surface area contributed by atoms with E-state index in [-0.39, 0.29) is 0 Å². The third-order valence-corrected chi connectivity index (χ3v) is 0.955. The Kier molecular flexibility index (Phi) is 5.63. The van der Waals surface area contributed by atoms with Gasteiger partial charge >= 0.3 is 0 Å². The second-order valence-corrected chi connectivity index (χ2v) is 1.73. The Hall–Kier alpha value is -0.920. The van der Waals surface area contributed by atoms with E-state index in [1.54, 1.807) is 12.4 Å². The molecule has 0 radical (unpaired) electrons. The molecule has 0 unspecified atom stereocenters. The minimum Gasteiger partial charge on any atom is -0.163 e. The molecule has 0 aromatic heterocycles. The molecule has 10 heavy (non-hydrogen) atoms. The zero-order valence-corrected chi connectivity index (χ0v) is 6.83. The Morgan fingerprint density at radius 2 is 2.00 bits per heavy atom. The zero-order chi connectivity index (χ0) is 7.82. The molecular formula is C8H14N2. The molecule has 0 saturated carbocycles. The molecule has 1 rings (SSSR count). The van der Waals surface area contributed by atoms with Gasteiger partial charge in [0.15, 0.2) is 0 Å². The summed E-state index contributed by atoms with van der Waals surface area (Å²) < 4.78 is 0. The van der Waals surface area contributed by atoms with Gasteiger partial charge in [0.25, 0.3) is 0 Å². The Balaban J connectivity index is 0.000000371.